The van der Waals surface area contributed by atoms with Gasteiger partial charge in [0, 0.05) is 25.8 Å². The van der Waals surface area contributed by atoms with E-state index in [1.165, 1.54) is 16.7 Å². The van der Waals surface area contributed by atoms with E-state index in [1.807, 2.05) is 0 Å². The number of likely N-dealkylation sites (N-methyl/N-ethyl adjacent to an activating group) is 1. The summed E-state index contributed by atoms with van der Waals surface area (Å²) < 4.78 is 0. The summed E-state index contributed by atoms with van der Waals surface area (Å²) in [6, 6.07) is 8.91. The number of fused-ring (bicyclic) bond motifs is 1. The third-order valence-corrected chi connectivity index (χ3v) is 8.00. The zero-order valence-corrected chi connectivity index (χ0v) is 21.4. The van der Waals surface area contributed by atoms with Crippen LogP contribution in [0.2, 0.25) is 13.1 Å². The van der Waals surface area contributed by atoms with Crippen LogP contribution in [0.3, 0.4) is 0 Å². The highest BCUT2D eigenvalue weighted by atomic mass is 28.3. The number of hydrogen-bond donors (Lipinski definition) is 0. The highest BCUT2D eigenvalue weighted by Crippen LogP contribution is 2.60. The molecule has 3 heteroatoms. The zero-order chi connectivity index (χ0) is 22.1. The average molecular weight is 421 g/mol. The van der Waals surface area contributed by atoms with E-state index in [4.69, 9.17) is 0 Å². The molecule has 0 saturated carbocycles. The van der Waals surface area contributed by atoms with Crippen molar-refractivity contribution in [1.82, 2.24) is 9.80 Å². The molecule has 0 bridgehead atoms. The smallest absolute Gasteiger partial charge is 0.124 e. The largest absolute Gasteiger partial charge is 0.379 e. The summed E-state index contributed by atoms with van der Waals surface area (Å²) in [5, 5.41) is 1.64. The summed E-state index contributed by atoms with van der Waals surface area (Å²) in [6.07, 6.45) is 12.8. The van der Waals surface area contributed by atoms with E-state index in [-0.39, 0.29) is 5.54 Å². The molecule has 3 rings (SSSR count). The minimum Gasteiger partial charge on any atom is -0.379 e. The molecule has 2 aliphatic rings. The summed E-state index contributed by atoms with van der Waals surface area (Å²) in [5.41, 5.74) is 6.19. The van der Waals surface area contributed by atoms with Gasteiger partial charge in [0.1, 0.15) is 5.54 Å². The van der Waals surface area contributed by atoms with Gasteiger partial charge in [0.05, 0.1) is 8.80 Å². The first-order valence-corrected chi connectivity index (χ1v) is 14.3. The van der Waals surface area contributed by atoms with Gasteiger partial charge in [-0.2, -0.15) is 0 Å². The second-order valence-electron chi connectivity index (χ2n) is 10.4. The molecule has 1 unspecified atom stereocenters. The molecule has 30 heavy (non-hydrogen) atoms. The molecule has 1 aliphatic carbocycles. The van der Waals surface area contributed by atoms with Gasteiger partial charge in [-0.25, -0.2) is 0 Å². The molecule has 1 saturated heterocycles. The van der Waals surface area contributed by atoms with Gasteiger partial charge in [0.15, 0.2) is 0 Å². The van der Waals surface area contributed by atoms with Crippen molar-refractivity contribution in [2.24, 2.45) is 5.41 Å². The van der Waals surface area contributed by atoms with Gasteiger partial charge < -0.3 is 9.80 Å². The van der Waals surface area contributed by atoms with Crippen LogP contribution in [-0.4, -0.2) is 38.7 Å². The van der Waals surface area contributed by atoms with Crippen LogP contribution in [-0.2, 0) is 5.54 Å². The summed E-state index contributed by atoms with van der Waals surface area (Å²) in [7, 11) is 1.35. The van der Waals surface area contributed by atoms with Gasteiger partial charge in [-0.05, 0) is 60.4 Å². The highest BCUT2D eigenvalue weighted by Gasteiger charge is 2.60. The van der Waals surface area contributed by atoms with Gasteiger partial charge in [-0.15, -0.1) is 0 Å². The highest BCUT2D eigenvalue weighted by molar-refractivity contribution is 6.65. The maximum Gasteiger partial charge on any atom is 0.124 e. The first kappa shape index (κ1) is 22.7. The first-order chi connectivity index (χ1) is 14.1. The van der Waals surface area contributed by atoms with E-state index < -0.39 is 8.80 Å². The van der Waals surface area contributed by atoms with Crippen LogP contribution in [0.1, 0.15) is 45.2 Å². The molecule has 0 spiro atoms. The minimum atomic E-state index is -0.846. The molecule has 1 aromatic carbocycles. The number of hydrogen-bond acceptors (Lipinski definition) is 2. The van der Waals surface area contributed by atoms with Gasteiger partial charge in [-0.3, -0.25) is 0 Å². The lowest BCUT2D eigenvalue weighted by Gasteiger charge is -2.21. The number of aryl methyl sites for hydroxylation is 1. The van der Waals surface area contributed by atoms with Crippen molar-refractivity contribution < 1.29 is 0 Å². The molecule has 1 heterocycles. The van der Waals surface area contributed by atoms with E-state index in [0.29, 0.717) is 5.41 Å². The van der Waals surface area contributed by atoms with Gasteiger partial charge in [0.25, 0.3) is 0 Å². The number of nitrogens with zero attached hydrogens (tertiary/aromatic N) is 2. The molecular formula is C27H40N2Si. The summed E-state index contributed by atoms with van der Waals surface area (Å²) in [5.74, 6) is 0. The molecular weight excluding hydrogens is 380 g/mol. The molecule has 1 aromatic rings. The molecule has 0 N–H and O–H groups in total. The van der Waals surface area contributed by atoms with E-state index in [0.717, 1.165) is 19.5 Å². The van der Waals surface area contributed by atoms with Crippen LogP contribution >= 0.6 is 0 Å². The fourth-order valence-corrected chi connectivity index (χ4v) is 6.09. The second-order valence-corrected chi connectivity index (χ2v) is 13.4. The van der Waals surface area contributed by atoms with Gasteiger partial charge >= 0.3 is 0 Å². The Kier molecular flexibility index (Phi) is 6.52. The Morgan fingerprint density at radius 2 is 1.90 bits per heavy atom. The number of rotatable bonds is 8. The zero-order valence-electron chi connectivity index (χ0n) is 20.3. The Labute approximate surface area is 186 Å². The fourth-order valence-electron chi connectivity index (χ4n) is 4.68. The van der Waals surface area contributed by atoms with Crippen molar-refractivity contribution in [1.29, 1.82) is 0 Å². The van der Waals surface area contributed by atoms with E-state index >= 15 is 0 Å². The van der Waals surface area contributed by atoms with Crippen molar-refractivity contribution in [3.63, 3.8) is 0 Å². The number of allylic oxidation sites excluding steroid dienone is 5. The van der Waals surface area contributed by atoms with Crippen LogP contribution in [0.25, 0.3) is 0 Å². The first-order valence-electron chi connectivity index (χ1n) is 11.4. The van der Waals surface area contributed by atoms with Crippen molar-refractivity contribution in [3.8, 4) is 0 Å². The topological polar surface area (TPSA) is 6.25 Å². The number of benzene rings is 1. The van der Waals surface area contributed by atoms with Crippen molar-refractivity contribution in [3.05, 3.63) is 82.4 Å². The molecule has 0 aromatic heterocycles. The Hall–Kier alpha value is -2.00. The molecule has 0 amide bonds. The maximum absolute atomic E-state index is 2.65. The molecule has 0 radical (unpaired) electrons. The van der Waals surface area contributed by atoms with Crippen LogP contribution in [0.15, 0.2) is 71.2 Å². The minimum absolute atomic E-state index is 0.0310. The summed E-state index contributed by atoms with van der Waals surface area (Å²) >= 11 is 0. The van der Waals surface area contributed by atoms with Gasteiger partial charge in [0.2, 0.25) is 0 Å². The maximum atomic E-state index is 2.65. The average Bonchev–Trinajstić information content (AvgIpc) is 3.11. The normalized spacial score (nSPS) is 21.2. The van der Waals surface area contributed by atoms with Crippen LogP contribution in [0.4, 0.5) is 0 Å². The second kappa shape index (κ2) is 8.62. The Morgan fingerprint density at radius 1 is 1.20 bits per heavy atom. The van der Waals surface area contributed by atoms with Gasteiger partial charge in [-0.1, -0.05) is 75.9 Å². The third-order valence-electron chi connectivity index (χ3n) is 6.29. The van der Waals surface area contributed by atoms with Crippen molar-refractivity contribution in [2.45, 2.75) is 59.7 Å². The van der Waals surface area contributed by atoms with Crippen LogP contribution in [0, 0.1) is 12.3 Å². The molecule has 1 fully saturated rings. The Bertz CT molecular complexity index is 898. The SMILES string of the molecule is C/C=C(\C=C/N(C)CCN1C2=C([SiH](C)C)C=CC21c1ccccc1C)CC(C)(C)C. The lowest BCUT2D eigenvalue weighted by atomic mass is 9.88. The van der Waals surface area contributed by atoms with E-state index in [2.05, 4.69) is 119 Å². The monoisotopic (exact) mass is 420 g/mol. The van der Waals surface area contributed by atoms with Crippen LogP contribution < -0.4 is 0 Å². The quantitative estimate of drug-likeness (QED) is 0.281. The van der Waals surface area contributed by atoms with E-state index in [1.54, 1.807) is 10.9 Å². The lowest BCUT2D eigenvalue weighted by molar-refractivity contribution is 0.373. The van der Waals surface area contributed by atoms with Crippen LogP contribution in [0.5, 0.6) is 0 Å². The van der Waals surface area contributed by atoms with Crippen molar-refractivity contribution in [2.75, 3.05) is 20.1 Å². The predicted molar refractivity (Wildman–Crippen MR) is 134 cm³/mol. The fraction of sp³-hybridized carbons (Fsp3) is 0.481. The molecule has 162 valence electrons. The third kappa shape index (κ3) is 4.51. The summed E-state index contributed by atoms with van der Waals surface area (Å²) in [4.78, 5) is 4.98. The summed E-state index contributed by atoms with van der Waals surface area (Å²) in [6.45, 7) is 18.3. The molecule has 1 aliphatic heterocycles. The Morgan fingerprint density at radius 3 is 2.50 bits per heavy atom. The Balaban J connectivity index is 1.72. The van der Waals surface area contributed by atoms with Crippen molar-refractivity contribution >= 4 is 8.80 Å². The molecule has 2 nitrogen and oxygen atoms in total. The van der Waals surface area contributed by atoms with E-state index in [9.17, 15) is 0 Å². The molecule has 1 atom stereocenters. The standard InChI is InChI=1S/C27H40N2Si/c1-9-22(20-26(3,4)5)15-17-28(6)18-19-29-25-24(30(7)8)14-16-27(25,29)23-13-11-10-12-21(23)2/h9-17,30H,18-20H2,1-8H3/b17-15-,22-9+. The predicted octanol–water partition coefficient (Wildman–Crippen LogP) is 6.18. The lowest BCUT2D eigenvalue weighted by Crippen LogP contribution is -2.24.